The SMILES string of the molecule is O=C(Cc1ccccc1)N1CC2CCCN2C1c1ccccc1. The van der Waals surface area contributed by atoms with Crippen LogP contribution < -0.4 is 0 Å². The minimum absolute atomic E-state index is 0.111. The van der Waals surface area contributed by atoms with Crippen LogP contribution in [0.25, 0.3) is 0 Å². The zero-order valence-electron chi connectivity index (χ0n) is 13.3. The van der Waals surface area contributed by atoms with E-state index in [0.717, 1.165) is 18.7 Å². The molecule has 3 nitrogen and oxygen atoms in total. The molecule has 0 N–H and O–H groups in total. The van der Waals surface area contributed by atoms with Gasteiger partial charge >= 0.3 is 0 Å². The van der Waals surface area contributed by atoms with Gasteiger partial charge in [0.1, 0.15) is 6.17 Å². The van der Waals surface area contributed by atoms with Crippen LogP contribution in [0.4, 0.5) is 0 Å². The summed E-state index contributed by atoms with van der Waals surface area (Å²) in [6.07, 6.45) is 3.05. The van der Waals surface area contributed by atoms with E-state index >= 15 is 0 Å². The fraction of sp³-hybridized carbons (Fsp3) is 0.350. The quantitative estimate of drug-likeness (QED) is 0.869. The van der Waals surface area contributed by atoms with Gasteiger partial charge in [-0.05, 0) is 24.0 Å². The highest BCUT2D eigenvalue weighted by molar-refractivity contribution is 5.79. The Bertz CT molecular complexity index is 671. The van der Waals surface area contributed by atoms with Crippen molar-refractivity contribution in [2.75, 3.05) is 13.1 Å². The first-order valence-corrected chi connectivity index (χ1v) is 8.47. The number of nitrogens with zero attached hydrogens (tertiary/aromatic N) is 2. The van der Waals surface area contributed by atoms with Crippen molar-refractivity contribution in [3.05, 3.63) is 71.8 Å². The van der Waals surface area contributed by atoms with Crippen molar-refractivity contribution < 1.29 is 4.79 Å². The third kappa shape index (κ3) is 2.77. The van der Waals surface area contributed by atoms with Gasteiger partial charge in [-0.15, -0.1) is 0 Å². The molecule has 2 aromatic carbocycles. The molecule has 0 spiro atoms. The molecule has 0 aromatic heterocycles. The first kappa shape index (κ1) is 14.5. The summed E-state index contributed by atoms with van der Waals surface area (Å²) in [6, 6.07) is 21.1. The first-order chi connectivity index (χ1) is 11.3. The number of rotatable bonds is 3. The molecule has 2 aliphatic heterocycles. The number of benzene rings is 2. The molecule has 0 radical (unpaired) electrons. The van der Waals surface area contributed by atoms with Gasteiger partial charge in [0.05, 0.1) is 6.42 Å². The van der Waals surface area contributed by atoms with Crippen LogP contribution in [0.2, 0.25) is 0 Å². The van der Waals surface area contributed by atoms with E-state index in [1.54, 1.807) is 0 Å². The highest BCUT2D eigenvalue weighted by Crippen LogP contribution is 2.38. The van der Waals surface area contributed by atoms with Crippen LogP contribution in [0.15, 0.2) is 60.7 Å². The number of hydrogen-bond donors (Lipinski definition) is 0. The third-order valence-electron chi connectivity index (χ3n) is 5.06. The largest absolute Gasteiger partial charge is 0.321 e. The van der Waals surface area contributed by atoms with Crippen LogP contribution in [-0.4, -0.2) is 34.8 Å². The summed E-state index contributed by atoms with van der Waals surface area (Å²) in [4.78, 5) is 17.5. The molecule has 1 amide bonds. The van der Waals surface area contributed by atoms with Crippen molar-refractivity contribution in [1.82, 2.24) is 9.80 Å². The summed E-state index contributed by atoms with van der Waals surface area (Å²) < 4.78 is 0. The van der Waals surface area contributed by atoms with Crippen molar-refractivity contribution in [2.45, 2.75) is 31.5 Å². The Morgan fingerprint density at radius 3 is 2.43 bits per heavy atom. The number of hydrogen-bond acceptors (Lipinski definition) is 2. The average Bonchev–Trinajstić information content (AvgIpc) is 3.17. The highest BCUT2D eigenvalue weighted by atomic mass is 16.2. The van der Waals surface area contributed by atoms with E-state index in [1.807, 2.05) is 36.4 Å². The van der Waals surface area contributed by atoms with Gasteiger partial charge in [-0.2, -0.15) is 0 Å². The Balaban J connectivity index is 1.60. The Hall–Kier alpha value is -2.13. The molecule has 23 heavy (non-hydrogen) atoms. The van der Waals surface area contributed by atoms with E-state index < -0.39 is 0 Å². The summed E-state index contributed by atoms with van der Waals surface area (Å²) in [5.74, 6) is 0.236. The van der Waals surface area contributed by atoms with Crippen LogP contribution in [0.3, 0.4) is 0 Å². The normalized spacial score (nSPS) is 23.9. The second-order valence-electron chi connectivity index (χ2n) is 6.53. The molecule has 0 saturated carbocycles. The first-order valence-electron chi connectivity index (χ1n) is 8.47. The molecule has 2 fully saturated rings. The minimum Gasteiger partial charge on any atom is -0.321 e. The number of carbonyl (C=O) groups excluding carboxylic acids is 1. The van der Waals surface area contributed by atoms with E-state index in [0.29, 0.717) is 12.5 Å². The molecule has 3 heteroatoms. The predicted molar refractivity (Wildman–Crippen MR) is 90.8 cm³/mol. The molecule has 4 rings (SSSR count). The standard InChI is InChI=1S/C20H22N2O/c23-19(14-16-8-3-1-4-9-16)22-15-18-12-7-13-21(18)20(22)17-10-5-2-6-11-17/h1-6,8-11,18,20H,7,12-15H2. The van der Waals surface area contributed by atoms with Crippen LogP contribution in [0, 0.1) is 0 Å². The molecule has 2 aromatic rings. The Morgan fingerprint density at radius 1 is 1.00 bits per heavy atom. The van der Waals surface area contributed by atoms with Gasteiger partial charge in [-0.3, -0.25) is 9.69 Å². The monoisotopic (exact) mass is 306 g/mol. The molecular formula is C20H22N2O. The molecular weight excluding hydrogens is 284 g/mol. The molecule has 2 atom stereocenters. The lowest BCUT2D eigenvalue weighted by atomic mass is 10.1. The topological polar surface area (TPSA) is 23.6 Å². The van der Waals surface area contributed by atoms with Gasteiger partial charge in [0.2, 0.25) is 5.91 Å². The van der Waals surface area contributed by atoms with Gasteiger partial charge in [0.25, 0.3) is 0 Å². The van der Waals surface area contributed by atoms with Crippen molar-refractivity contribution in [3.8, 4) is 0 Å². The maximum absolute atomic E-state index is 12.9. The zero-order chi connectivity index (χ0) is 15.6. The van der Waals surface area contributed by atoms with Gasteiger partial charge in [-0.25, -0.2) is 0 Å². The van der Waals surface area contributed by atoms with Gasteiger partial charge in [0.15, 0.2) is 0 Å². The highest BCUT2D eigenvalue weighted by Gasteiger charge is 2.44. The maximum atomic E-state index is 12.9. The van der Waals surface area contributed by atoms with Crippen LogP contribution in [-0.2, 0) is 11.2 Å². The fourth-order valence-corrected chi connectivity index (χ4v) is 3.99. The van der Waals surface area contributed by atoms with Crippen molar-refractivity contribution in [2.24, 2.45) is 0 Å². The number of fused-ring (bicyclic) bond motifs is 1. The predicted octanol–water partition coefficient (Wildman–Crippen LogP) is 3.23. The second-order valence-corrected chi connectivity index (χ2v) is 6.53. The van der Waals surface area contributed by atoms with Crippen LogP contribution >= 0.6 is 0 Å². The minimum atomic E-state index is 0.111. The summed E-state index contributed by atoms with van der Waals surface area (Å²) in [5, 5.41) is 0. The van der Waals surface area contributed by atoms with Gasteiger partial charge in [-0.1, -0.05) is 60.7 Å². The van der Waals surface area contributed by atoms with Crippen molar-refractivity contribution >= 4 is 5.91 Å². The Labute approximate surface area is 137 Å². The number of amides is 1. The molecule has 2 saturated heterocycles. The van der Waals surface area contributed by atoms with Gasteiger partial charge < -0.3 is 4.90 Å². The van der Waals surface area contributed by atoms with E-state index in [4.69, 9.17) is 0 Å². The number of carbonyl (C=O) groups is 1. The fourth-order valence-electron chi connectivity index (χ4n) is 3.99. The molecule has 2 heterocycles. The molecule has 2 unspecified atom stereocenters. The lowest BCUT2D eigenvalue weighted by Gasteiger charge is -2.30. The zero-order valence-corrected chi connectivity index (χ0v) is 13.3. The maximum Gasteiger partial charge on any atom is 0.228 e. The summed E-state index contributed by atoms with van der Waals surface area (Å²) >= 11 is 0. The van der Waals surface area contributed by atoms with Crippen molar-refractivity contribution in [1.29, 1.82) is 0 Å². The van der Waals surface area contributed by atoms with E-state index in [2.05, 4.69) is 34.1 Å². The Kier molecular flexibility index (Phi) is 3.88. The van der Waals surface area contributed by atoms with Crippen molar-refractivity contribution in [3.63, 3.8) is 0 Å². The smallest absolute Gasteiger partial charge is 0.228 e. The third-order valence-corrected chi connectivity index (χ3v) is 5.06. The van der Waals surface area contributed by atoms with E-state index in [1.165, 1.54) is 18.4 Å². The van der Waals surface area contributed by atoms with Gasteiger partial charge in [0, 0.05) is 19.1 Å². The second kappa shape index (κ2) is 6.17. The van der Waals surface area contributed by atoms with Crippen LogP contribution in [0.1, 0.15) is 30.1 Å². The molecule has 0 aliphatic carbocycles. The molecule has 2 aliphatic rings. The Morgan fingerprint density at radius 2 is 1.70 bits per heavy atom. The van der Waals surface area contributed by atoms with Crippen LogP contribution in [0.5, 0.6) is 0 Å². The lowest BCUT2D eigenvalue weighted by Crippen LogP contribution is -2.36. The van der Waals surface area contributed by atoms with E-state index in [9.17, 15) is 4.79 Å². The summed E-state index contributed by atoms with van der Waals surface area (Å²) in [5.41, 5.74) is 2.33. The average molecular weight is 306 g/mol. The molecule has 0 bridgehead atoms. The summed E-state index contributed by atoms with van der Waals surface area (Å²) in [6.45, 7) is 1.96. The van der Waals surface area contributed by atoms with E-state index in [-0.39, 0.29) is 12.1 Å². The lowest BCUT2D eigenvalue weighted by molar-refractivity contribution is -0.133. The summed E-state index contributed by atoms with van der Waals surface area (Å²) in [7, 11) is 0. The molecule has 118 valence electrons.